The van der Waals surface area contributed by atoms with Crippen molar-refractivity contribution in [1.82, 2.24) is 5.32 Å². The summed E-state index contributed by atoms with van der Waals surface area (Å²) < 4.78 is 33.0. The summed E-state index contributed by atoms with van der Waals surface area (Å²) in [7, 11) is -2.37. The van der Waals surface area contributed by atoms with Gasteiger partial charge in [0.1, 0.15) is 5.75 Å². The average Bonchev–Trinajstić information content (AvgIpc) is 3.47. The minimum absolute atomic E-state index is 0.0233. The average molecular weight is 374 g/mol. The maximum Gasteiger partial charge on any atom is 0.262 e. The molecule has 0 heterocycles. The van der Waals surface area contributed by atoms with Gasteiger partial charge in [0.2, 0.25) is 0 Å². The van der Waals surface area contributed by atoms with Gasteiger partial charge >= 0.3 is 0 Å². The largest absolute Gasteiger partial charge is 0.495 e. The molecule has 1 saturated carbocycles. The molecule has 0 aliphatic heterocycles. The van der Waals surface area contributed by atoms with Gasteiger partial charge in [0.25, 0.3) is 15.9 Å². The monoisotopic (exact) mass is 374 g/mol. The third-order valence-corrected chi connectivity index (χ3v) is 5.81. The highest BCUT2D eigenvalue weighted by Gasteiger charge is 2.29. The highest BCUT2D eigenvalue weighted by molar-refractivity contribution is 7.92. The van der Waals surface area contributed by atoms with Crippen molar-refractivity contribution in [2.75, 3.05) is 11.8 Å². The van der Waals surface area contributed by atoms with E-state index in [2.05, 4.69) is 10.0 Å². The molecule has 1 fully saturated rings. The molecule has 2 aromatic carbocycles. The van der Waals surface area contributed by atoms with E-state index in [9.17, 15) is 13.2 Å². The molecule has 0 radical (unpaired) electrons. The van der Waals surface area contributed by atoms with E-state index in [0.717, 1.165) is 12.8 Å². The summed E-state index contributed by atoms with van der Waals surface area (Å²) in [5.74, 6) is 0.681. The van der Waals surface area contributed by atoms with Crippen LogP contribution in [0.25, 0.3) is 0 Å². The SMILES string of the molecule is COc1ccccc1NS(=O)(=O)c1cccc(C(=O)N[C@@H](C)C2CC2)c1. The molecule has 6 nitrogen and oxygen atoms in total. The van der Waals surface area contributed by atoms with Crippen molar-refractivity contribution >= 4 is 21.6 Å². The molecular formula is C19H22N2O4S. The summed E-state index contributed by atoms with van der Waals surface area (Å²) >= 11 is 0. The zero-order chi connectivity index (χ0) is 18.7. The minimum Gasteiger partial charge on any atom is -0.495 e. The van der Waals surface area contributed by atoms with E-state index in [1.54, 1.807) is 36.4 Å². The fraction of sp³-hybridized carbons (Fsp3) is 0.316. The summed E-state index contributed by atoms with van der Waals surface area (Å²) in [6.45, 7) is 1.97. The lowest BCUT2D eigenvalue weighted by molar-refractivity contribution is 0.0935. The maximum absolute atomic E-state index is 12.7. The topological polar surface area (TPSA) is 84.5 Å². The molecule has 2 N–H and O–H groups in total. The third-order valence-electron chi connectivity index (χ3n) is 4.45. The van der Waals surface area contributed by atoms with Crippen LogP contribution in [0.3, 0.4) is 0 Å². The van der Waals surface area contributed by atoms with Crippen molar-refractivity contribution in [2.45, 2.75) is 30.7 Å². The summed E-state index contributed by atoms with van der Waals surface area (Å²) in [4.78, 5) is 12.4. The molecule has 1 atom stereocenters. The third kappa shape index (κ3) is 4.16. The zero-order valence-corrected chi connectivity index (χ0v) is 15.5. The number of carbonyl (C=O) groups is 1. The van der Waals surface area contributed by atoms with Crippen molar-refractivity contribution in [3.63, 3.8) is 0 Å². The minimum atomic E-state index is -3.84. The van der Waals surface area contributed by atoms with Crippen molar-refractivity contribution < 1.29 is 17.9 Å². The number of carbonyl (C=O) groups excluding carboxylic acids is 1. The number of methoxy groups -OCH3 is 1. The number of hydrogen-bond acceptors (Lipinski definition) is 4. The standard InChI is InChI=1S/C19H22N2O4S/c1-13(14-10-11-14)20-19(22)15-6-5-7-16(12-15)26(23,24)21-17-8-3-4-9-18(17)25-2/h3-9,12-14,21H,10-11H2,1-2H3,(H,20,22)/t13-/m0/s1. The second-order valence-electron chi connectivity index (χ2n) is 6.43. The summed E-state index contributed by atoms with van der Waals surface area (Å²) in [6.07, 6.45) is 2.25. The highest BCUT2D eigenvalue weighted by Crippen LogP contribution is 2.32. The number of hydrogen-bond donors (Lipinski definition) is 2. The zero-order valence-electron chi connectivity index (χ0n) is 14.7. The number of amides is 1. The molecule has 1 aliphatic rings. The summed E-state index contributed by atoms with van der Waals surface area (Å²) in [6, 6.07) is 12.8. The normalized spacial score (nSPS) is 15.2. The molecule has 0 unspecified atom stereocenters. The first-order valence-electron chi connectivity index (χ1n) is 8.47. The van der Waals surface area contributed by atoms with Crippen molar-refractivity contribution in [3.05, 3.63) is 54.1 Å². The molecule has 1 aliphatic carbocycles. The van der Waals surface area contributed by atoms with E-state index >= 15 is 0 Å². The van der Waals surface area contributed by atoms with Crippen LogP contribution in [0.4, 0.5) is 5.69 Å². The predicted octanol–water partition coefficient (Wildman–Crippen LogP) is 3.02. The summed E-state index contributed by atoms with van der Waals surface area (Å²) in [5.41, 5.74) is 0.660. The van der Waals surface area contributed by atoms with Crippen LogP contribution in [0.15, 0.2) is 53.4 Å². The van der Waals surface area contributed by atoms with E-state index < -0.39 is 10.0 Å². The number of sulfonamides is 1. The molecule has 1 amide bonds. The Bertz CT molecular complexity index is 907. The smallest absolute Gasteiger partial charge is 0.262 e. The molecule has 0 spiro atoms. The fourth-order valence-electron chi connectivity index (χ4n) is 2.74. The number of benzene rings is 2. The lowest BCUT2D eigenvalue weighted by atomic mass is 10.1. The van der Waals surface area contributed by atoms with E-state index in [-0.39, 0.29) is 16.8 Å². The van der Waals surface area contributed by atoms with Crippen LogP contribution >= 0.6 is 0 Å². The van der Waals surface area contributed by atoms with Crippen molar-refractivity contribution in [3.8, 4) is 5.75 Å². The number of anilines is 1. The van der Waals surface area contributed by atoms with Crippen LogP contribution in [-0.4, -0.2) is 27.5 Å². The van der Waals surface area contributed by atoms with Crippen LogP contribution in [0.5, 0.6) is 5.75 Å². The fourth-order valence-corrected chi connectivity index (χ4v) is 3.86. The molecule has 0 bridgehead atoms. The van der Waals surface area contributed by atoms with Gasteiger partial charge in [0.15, 0.2) is 0 Å². The first kappa shape index (κ1) is 18.3. The van der Waals surface area contributed by atoms with Gasteiger partial charge in [0, 0.05) is 11.6 Å². The lowest BCUT2D eigenvalue weighted by Crippen LogP contribution is -2.34. The molecule has 0 aromatic heterocycles. The Morgan fingerprint density at radius 2 is 1.88 bits per heavy atom. The van der Waals surface area contributed by atoms with Gasteiger partial charge in [-0.2, -0.15) is 0 Å². The van der Waals surface area contributed by atoms with Crippen LogP contribution in [0.1, 0.15) is 30.1 Å². The molecule has 3 rings (SSSR count). The Labute approximate surface area is 153 Å². The molecule has 138 valence electrons. The van der Waals surface area contributed by atoms with Crippen molar-refractivity contribution in [2.24, 2.45) is 5.92 Å². The molecule has 2 aromatic rings. The first-order valence-corrected chi connectivity index (χ1v) is 9.96. The number of rotatable bonds is 7. The predicted molar refractivity (Wildman–Crippen MR) is 99.9 cm³/mol. The highest BCUT2D eigenvalue weighted by atomic mass is 32.2. The second-order valence-corrected chi connectivity index (χ2v) is 8.12. The lowest BCUT2D eigenvalue weighted by Gasteiger charge is -2.14. The van der Waals surface area contributed by atoms with Crippen LogP contribution < -0.4 is 14.8 Å². The van der Waals surface area contributed by atoms with E-state index in [0.29, 0.717) is 22.9 Å². The van der Waals surface area contributed by atoms with Crippen molar-refractivity contribution in [1.29, 1.82) is 0 Å². The Morgan fingerprint density at radius 1 is 1.15 bits per heavy atom. The van der Waals surface area contributed by atoms with Gasteiger partial charge in [-0.3, -0.25) is 9.52 Å². The molecule has 7 heteroatoms. The van der Waals surface area contributed by atoms with Gasteiger partial charge in [0.05, 0.1) is 17.7 Å². The van der Waals surface area contributed by atoms with E-state index in [1.807, 2.05) is 6.92 Å². The second kappa shape index (κ2) is 7.37. The van der Waals surface area contributed by atoms with E-state index in [4.69, 9.17) is 4.74 Å². The Kier molecular flexibility index (Phi) is 5.18. The number of para-hydroxylation sites is 2. The van der Waals surface area contributed by atoms with Gasteiger partial charge in [-0.1, -0.05) is 18.2 Å². The van der Waals surface area contributed by atoms with Crippen LogP contribution in [-0.2, 0) is 10.0 Å². The summed E-state index contributed by atoms with van der Waals surface area (Å²) in [5, 5.41) is 2.93. The van der Waals surface area contributed by atoms with Gasteiger partial charge in [-0.25, -0.2) is 8.42 Å². The Balaban J connectivity index is 1.80. The number of nitrogens with one attached hydrogen (secondary N) is 2. The van der Waals surface area contributed by atoms with Gasteiger partial charge < -0.3 is 10.1 Å². The van der Waals surface area contributed by atoms with Gasteiger partial charge in [-0.05, 0) is 56.0 Å². The van der Waals surface area contributed by atoms with Crippen LogP contribution in [0, 0.1) is 5.92 Å². The molecule has 26 heavy (non-hydrogen) atoms. The quantitative estimate of drug-likeness (QED) is 0.780. The Morgan fingerprint density at radius 3 is 2.58 bits per heavy atom. The molecule has 0 saturated heterocycles. The first-order chi connectivity index (χ1) is 12.4. The molecular weight excluding hydrogens is 352 g/mol. The van der Waals surface area contributed by atoms with Crippen LogP contribution in [0.2, 0.25) is 0 Å². The van der Waals surface area contributed by atoms with E-state index in [1.165, 1.54) is 19.2 Å². The van der Waals surface area contributed by atoms with Gasteiger partial charge in [-0.15, -0.1) is 0 Å². The Hall–Kier alpha value is -2.54. The number of ether oxygens (including phenoxy) is 1. The maximum atomic E-state index is 12.7.